The first-order chi connectivity index (χ1) is 7.99. The minimum atomic E-state index is 0.629. The van der Waals surface area contributed by atoms with Crippen LogP contribution in [-0.2, 0) is 4.74 Å². The van der Waals surface area contributed by atoms with E-state index in [-0.39, 0.29) is 0 Å². The van der Waals surface area contributed by atoms with Crippen molar-refractivity contribution < 1.29 is 4.74 Å². The molecule has 0 aliphatic carbocycles. The van der Waals surface area contributed by atoms with Crippen LogP contribution in [0.4, 0.5) is 0 Å². The number of rotatable bonds is 6. The Bertz CT molecular complexity index is 390. The van der Waals surface area contributed by atoms with Gasteiger partial charge in [0.25, 0.3) is 0 Å². The molecular formula is C16H22O. The van der Waals surface area contributed by atoms with E-state index >= 15 is 0 Å². The number of ether oxygens (including phenoxy) is 1. The summed E-state index contributed by atoms with van der Waals surface area (Å²) >= 11 is 0. The van der Waals surface area contributed by atoms with Gasteiger partial charge >= 0.3 is 0 Å². The third-order valence-electron chi connectivity index (χ3n) is 2.18. The van der Waals surface area contributed by atoms with Crippen molar-refractivity contribution in [1.29, 1.82) is 0 Å². The van der Waals surface area contributed by atoms with Gasteiger partial charge in [-0.1, -0.05) is 48.6 Å². The highest BCUT2D eigenvalue weighted by molar-refractivity contribution is 5.24. The van der Waals surface area contributed by atoms with Crippen LogP contribution in [0.5, 0.6) is 0 Å². The van der Waals surface area contributed by atoms with Crippen molar-refractivity contribution in [1.82, 2.24) is 0 Å². The van der Waals surface area contributed by atoms with Gasteiger partial charge in [0.05, 0.1) is 0 Å². The van der Waals surface area contributed by atoms with Crippen LogP contribution in [0.25, 0.3) is 0 Å². The largest absolute Gasteiger partial charge is 0.463 e. The summed E-state index contributed by atoms with van der Waals surface area (Å²) < 4.78 is 5.51. The molecule has 0 aliphatic heterocycles. The summed E-state index contributed by atoms with van der Waals surface area (Å²) in [6.07, 6.45) is 11.5. The van der Waals surface area contributed by atoms with Crippen LogP contribution in [0.3, 0.4) is 0 Å². The SMILES string of the molecule is C=C/C(C)=C\C=C(/C)OC(=C)/C=C\C(C)=C/C. The van der Waals surface area contributed by atoms with Crippen molar-refractivity contribution in [2.45, 2.75) is 27.7 Å². The second kappa shape index (κ2) is 8.40. The molecule has 0 aromatic carbocycles. The molecule has 0 saturated carbocycles. The molecule has 0 atom stereocenters. The molecule has 92 valence electrons. The number of hydrogen-bond donors (Lipinski definition) is 0. The molecule has 1 heteroatoms. The van der Waals surface area contributed by atoms with E-state index in [0.717, 1.165) is 11.3 Å². The van der Waals surface area contributed by atoms with Crippen LogP contribution in [-0.4, -0.2) is 0 Å². The van der Waals surface area contributed by atoms with E-state index in [4.69, 9.17) is 4.74 Å². The van der Waals surface area contributed by atoms with Crippen LogP contribution in [0.15, 0.2) is 72.3 Å². The first-order valence-electron chi connectivity index (χ1n) is 5.65. The highest BCUT2D eigenvalue weighted by atomic mass is 16.5. The Balaban J connectivity index is 4.40. The topological polar surface area (TPSA) is 9.23 Å². The molecular weight excluding hydrogens is 208 g/mol. The van der Waals surface area contributed by atoms with Crippen LogP contribution in [0, 0.1) is 0 Å². The van der Waals surface area contributed by atoms with E-state index in [0.29, 0.717) is 5.76 Å². The predicted octanol–water partition coefficient (Wildman–Crippen LogP) is 5.08. The molecule has 0 radical (unpaired) electrons. The Hall–Kier alpha value is -1.76. The molecule has 17 heavy (non-hydrogen) atoms. The molecule has 1 nitrogen and oxygen atoms in total. The van der Waals surface area contributed by atoms with Gasteiger partial charge in [-0.05, 0) is 39.8 Å². The predicted molar refractivity (Wildman–Crippen MR) is 76.5 cm³/mol. The molecule has 0 N–H and O–H groups in total. The molecule has 0 saturated heterocycles. The van der Waals surface area contributed by atoms with E-state index in [1.807, 2.05) is 58.1 Å². The summed E-state index contributed by atoms with van der Waals surface area (Å²) in [5.41, 5.74) is 2.28. The minimum absolute atomic E-state index is 0.629. The molecule has 0 aromatic heterocycles. The fourth-order valence-corrected chi connectivity index (χ4v) is 0.912. The highest BCUT2D eigenvalue weighted by Gasteiger charge is 1.91. The first kappa shape index (κ1) is 15.2. The normalized spacial score (nSPS) is 14.0. The second-order valence-corrected chi connectivity index (χ2v) is 3.83. The van der Waals surface area contributed by atoms with Gasteiger partial charge in [0, 0.05) is 0 Å². The molecule has 0 unspecified atom stereocenters. The van der Waals surface area contributed by atoms with Crippen molar-refractivity contribution in [3.63, 3.8) is 0 Å². The van der Waals surface area contributed by atoms with E-state index in [1.165, 1.54) is 5.57 Å². The van der Waals surface area contributed by atoms with E-state index in [1.54, 1.807) is 6.08 Å². The third-order valence-corrected chi connectivity index (χ3v) is 2.18. The van der Waals surface area contributed by atoms with Crippen LogP contribution in [0.1, 0.15) is 27.7 Å². The lowest BCUT2D eigenvalue weighted by atomic mass is 10.2. The minimum Gasteiger partial charge on any atom is -0.463 e. The van der Waals surface area contributed by atoms with Gasteiger partial charge in [-0.25, -0.2) is 0 Å². The Kier molecular flexibility index (Phi) is 7.53. The fourth-order valence-electron chi connectivity index (χ4n) is 0.912. The Morgan fingerprint density at radius 3 is 2.18 bits per heavy atom. The standard InChI is InChI=1S/C16H22O/c1-7-13(3)9-11-15(5)17-16(6)12-10-14(4)8-2/h7-12H,1,6H2,2-5H3/b12-10-,13-9-,14-8-,15-11+. The van der Waals surface area contributed by atoms with Gasteiger partial charge < -0.3 is 4.74 Å². The summed E-state index contributed by atoms with van der Waals surface area (Å²) in [4.78, 5) is 0. The van der Waals surface area contributed by atoms with Crippen LogP contribution >= 0.6 is 0 Å². The maximum atomic E-state index is 5.51. The summed E-state index contributed by atoms with van der Waals surface area (Å²) in [6.45, 7) is 15.4. The summed E-state index contributed by atoms with van der Waals surface area (Å²) in [6, 6.07) is 0. The molecule has 0 heterocycles. The van der Waals surface area contributed by atoms with Gasteiger partial charge in [-0.3, -0.25) is 0 Å². The van der Waals surface area contributed by atoms with Crippen LogP contribution < -0.4 is 0 Å². The van der Waals surface area contributed by atoms with Crippen molar-refractivity contribution in [3.8, 4) is 0 Å². The van der Waals surface area contributed by atoms with Crippen molar-refractivity contribution in [2.24, 2.45) is 0 Å². The lowest BCUT2D eigenvalue weighted by Gasteiger charge is -2.04. The molecule has 0 rings (SSSR count). The molecule has 0 spiro atoms. The van der Waals surface area contributed by atoms with Gasteiger partial charge in [0.15, 0.2) is 0 Å². The third kappa shape index (κ3) is 8.09. The number of allylic oxidation sites excluding steroid dienone is 9. The Labute approximate surface area is 105 Å². The first-order valence-corrected chi connectivity index (χ1v) is 5.65. The highest BCUT2D eigenvalue weighted by Crippen LogP contribution is 2.08. The fraction of sp³-hybridized carbons (Fsp3) is 0.250. The van der Waals surface area contributed by atoms with E-state index < -0.39 is 0 Å². The van der Waals surface area contributed by atoms with Crippen molar-refractivity contribution in [2.75, 3.05) is 0 Å². The summed E-state index contributed by atoms with van der Waals surface area (Å²) in [5.74, 6) is 1.43. The lowest BCUT2D eigenvalue weighted by molar-refractivity contribution is 0.324. The van der Waals surface area contributed by atoms with E-state index in [2.05, 4.69) is 13.2 Å². The van der Waals surface area contributed by atoms with Gasteiger partial charge in [-0.2, -0.15) is 0 Å². The second-order valence-electron chi connectivity index (χ2n) is 3.83. The summed E-state index contributed by atoms with van der Waals surface area (Å²) in [5, 5.41) is 0. The Morgan fingerprint density at radius 2 is 1.65 bits per heavy atom. The molecule has 0 amide bonds. The van der Waals surface area contributed by atoms with Crippen molar-refractivity contribution in [3.05, 3.63) is 72.3 Å². The molecule has 0 aliphatic rings. The average molecular weight is 230 g/mol. The molecule has 0 aromatic rings. The van der Waals surface area contributed by atoms with Gasteiger partial charge in [0.1, 0.15) is 11.5 Å². The monoisotopic (exact) mass is 230 g/mol. The quantitative estimate of drug-likeness (QED) is 0.457. The summed E-state index contributed by atoms with van der Waals surface area (Å²) in [7, 11) is 0. The smallest absolute Gasteiger partial charge is 0.119 e. The van der Waals surface area contributed by atoms with E-state index in [9.17, 15) is 0 Å². The van der Waals surface area contributed by atoms with Gasteiger partial charge in [-0.15, -0.1) is 0 Å². The van der Waals surface area contributed by atoms with Crippen molar-refractivity contribution >= 4 is 0 Å². The number of hydrogen-bond acceptors (Lipinski definition) is 1. The lowest BCUT2D eigenvalue weighted by Crippen LogP contribution is -1.85. The zero-order valence-electron chi connectivity index (χ0n) is 11.3. The van der Waals surface area contributed by atoms with Crippen LogP contribution in [0.2, 0.25) is 0 Å². The molecule has 0 fully saturated rings. The molecule has 0 bridgehead atoms. The average Bonchev–Trinajstić information content (AvgIpc) is 2.32. The van der Waals surface area contributed by atoms with Gasteiger partial charge in [0.2, 0.25) is 0 Å². The Morgan fingerprint density at radius 1 is 1.00 bits per heavy atom. The maximum Gasteiger partial charge on any atom is 0.119 e. The maximum absolute atomic E-state index is 5.51. The zero-order chi connectivity index (χ0) is 13.3. The zero-order valence-corrected chi connectivity index (χ0v) is 11.3.